The van der Waals surface area contributed by atoms with E-state index in [0.717, 1.165) is 11.1 Å². The highest BCUT2D eigenvalue weighted by atomic mass is 35.5. The van der Waals surface area contributed by atoms with E-state index in [2.05, 4.69) is 25.7 Å². The van der Waals surface area contributed by atoms with Crippen LogP contribution in [0.3, 0.4) is 0 Å². The van der Waals surface area contributed by atoms with Gasteiger partial charge in [0, 0.05) is 17.1 Å². The van der Waals surface area contributed by atoms with Gasteiger partial charge in [0.15, 0.2) is 5.82 Å². The molecule has 4 aromatic rings. The minimum Gasteiger partial charge on any atom is -0.346 e. The smallest absolute Gasteiger partial charge is 0.282 e. The van der Waals surface area contributed by atoms with Crippen LogP contribution in [0, 0.1) is 5.82 Å². The minimum absolute atomic E-state index is 0.244. The molecule has 0 radical (unpaired) electrons. The molecule has 4 rings (SSSR count). The molecule has 0 saturated carbocycles. The molecule has 3 N–H and O–H groups in total. The zero-order valence-electron chi connectivity index (χ0n) is 15.8. The summed E-state index contributed by atoms with van der Waals surface area (Å²) in [5.41, 5.74) is 1.58. The molecule has 0 unspecified atom stereocenters. The van der Waals surface area contributed by atoms with Gasteiger partial charge in [0.25, 0.3) is 5.91 Å². The summed E-state index contributed by atoms with van der Waals surface area (Å²) in [4.78, 5) is 12.3. The second-order valence-corrected chi connectivity index (χ2v) is 8.72. The van der Waals surface area contributed by atoms with Crippen LogP contribution >= 0.6 is 34.7 Å². The Morgan fingerprint density at radius 1 is 1.10 bits per heavy atom. The van der Waals surface area contributed by atoms with Crippen molar-refractivity contribution >= 4 is 40.6 Å². The zero-order valence-corrected chi connectivity index (χ0v) is 18.2. The lowest BCUT2D eigenvalue weighted by atomic mass is 10.2. The number of nitrogens with two attached hydrogens (primary N) is 1. The van der Waals surface area contributed by atoms with Crippen LogP contribution in [0.1, 0.15) is 20.4 Å². The van der Waals surface area contributed by atoms with E-state index in [1.54, 1.807) is 24.3 Å². The summed E-state index contributed by atoms with van der Waals surface area (Å²) in [7, 11) is 0. The summed E-state index contributed by atoms with van der Waals surface area (Å²) in [5, 5.41) is 21.0. The minimum atomic E-state index is -0.343. The highest BCUT2D eigenvalue weighted by Crippen LogP contribution is 2.26. The Kier molecular flexibility index (Phi) is 6.44. The first-order valence-corrected chi connectivity index (χ1v) is 11.1. The maximum atomic E-state index is 12.9. The normalized spacial score (nSPS) is 10.9. The lowest BCUT2D eigenvalue weighted by Gasteiger charge is -2.03. The standard InChI is InChI=1S/C19H15ClFN7OS2/c20-13-5-3-12(4-6-13)16-25-27-19(28(16)22)30-10-15-24-26-18(31-15)17(29)23-9-11-1-7-14(21)8-2-11/h1-8H,9-10,22H2,(H,23,29). The van der Waals surface area contributed by atoms with Crippen molar-refractivity contribution in [1.82, 2.24) is 30.4 Å². The molecule has 0 bridgehead atoms. The van der Waals surface area contributed by atoms with Crippen LogP contribution < -0.4 is 11.2 Å². The average molecular weight is 476 g/mol. The third-order valence-corrected chi connectivity index (χ3v) is 6.43. The molecule has 1 amide bonds. The topological polar surface area (TPSA) is 112 Å². The van der Waals surface area contributed by atoms with Gasteiger partial charge in [-0.05, 0) is 42.0 Å². The molecule has 0 fully saturated rings. The lowest BCUT2D eigenvalue weighted by molar-refractivity contribution is 0.0950. The van der Waals surface area contributed by atoms with E-state index in [9.17, 15) is 9.18 Å². The van der Waals surface area contributed by atoms with Crippen LogP contribution in [0.4, 0.5) is 4.39 Å². The van der Waals surface area contributed by atoms with Crippen LogP contribution in [0.15, 0.2) is 53.7 Å². The van der Waals surface area contributed by atoms with Gasteiger partial charge in [0.05, 0.1) is 5.75 Å². The van der Waals surface area contributed by atoms with Gasteiger partial charge in [-0.25, -0.2) is 9.07 Å². The van der Waals surface area contributed by atoms with Crippen molar-refractivity contribution in [1.29, 1.82) is 0 Å². The number of hydrogen-bond acceptors (Lipinski definition) is 8. The van der Waals surface area contributed by atoms with Gasteiger partial charge in [-0.3, -0.25) is 4.79 Å². The first-order chi connectivity index (χ1) is 15.0. The number of carbonyl (C=O) groups excluding carboxylic acids is 1. The molecule has 158 valence electrons. The Bertz CT molecular complexity index is 1190. The fourth-order valence-electron chi connectivity index (χ4n) is 2.56. The van der Waals surface area contributed by atoms with E-state index >= 15 is 0 Å². The number of hydrogen-bond donors (Lipinski definition) is 2. The van der Waals surface area contributed by atoms with Crippen LogP contribution in [0.5, 0.6) is 0 Å². The number of nitrogens with one attached hydrogen (secondary N) is 1. The van der Waals surface area contributed by atoms with Crippen molar-refractivity contribution in [2.75, 3.05) is 5.84 Å². The van der Waals surface area contributed by atoms with Gasteiger partial charge >= 0.3 is 0 Å². The first kappa shape index (κ1) is 21.2. The van der Waals surface area contributed by atoms with Crippen molar-refractivity contribution in [3.63, 3.8) is 0 Å². The molecule has 0 aliphatic rings. The molecule has 2 aromatic heterocycles. The molecule has 0 spiro atoms. The van der Waals surface area contributed by atoms with Gasteiger partial charge in [0.1, 0.15) is 10.8 Å². The largest absolute Gasteiger partial charge is 0.346 e. The van der Waals surface area contributed by atoms with Gasteiger partial charge in [-0.1, -0.05) is 46.8 Å². The van der Waals surface area contributed by atoms with Crippen molar-refractivity contribution in [2.24, 2.45) is 0 Å². The monoisotopic (exact) mass is 475 g/mol. The average Bonchev–Trinajstić information content (AvgIpc) is 3.39. The van der Waals surface area contributed by atoms with E-state index in [-0.39, 0.29) is 23.3 Å². The Labute approximate surface area is 189 Å². The summed E-state index contributed by atoms with van der Waals surface area (Å²) < 4.78 is 14.3. The third-order valence-electron chi connectivity index (χ3n) is 4.12. The number of halogens is 2. The SMILES string of the molecule is Nn1c(SCc2nnc(C(=O)NCc3ccc(F)cc3)s2)nnc1-c1ccc(Cl)cc1. The van der Waals surface area contributed by atoms with E-state index in [1.165, 1.54) is 39.9 Å². The predicted octanol–water partition coefficient (Wildman–Crippen LogP) is 3.53. The van der Waals surface area contributed by atoms with Crippen LogP contribution in [-0.4, -0.2) is 31.0 Å². The molecule has 0 atom stereocenters. The van der Waals surface area contributed by atoms with Crippen molar-refractivity contribution < 1.29 is 9.18 Å². The number of amides is 1. The maximum Gasteiger partial charge on any atom is 0.282 e. The highest BCUT2D eigenvalue weighted by molar-refractivity contribution is 7.98. The molecular formula is C19H15ClFN7OS2. The molecule has 12 heteroatoms. The van der Waals surface area contributed by atoms with Crippen LogP contribution in [0.2, 0.25) is 5.02 Å². The number of nitrogen functional groups attached to an aromatic ring is 1. The van der Waals surface area contributed by atoms with Gasteiger partial charge in [0.2, 0.25) is 10.2 Å². The van der Waals surface area contributed by atoms with Crippen molar-refractivity contribution in [3.05, 3.63) is 74.9 Å². The second kappa shape index (κ2) is 9.41. The van der Waals surface area contributed by atoms with Crippen molar-refractivity contribution in [3.8, 4) is 11.4 Å². The van der Waals surface area contributed by atoms with E-state index in [1.807, 2.05) is 12.1 Å². The maximum absolute atomic E-state index is 12.9. The predicted molar refractivity (Wildman–Crippen MR) is 118 cm³/mol. The number of thioether (sulfide) groups is 1. The summed E-state index contributed by atoms with van der Waals surface area (Å²) in [6, 6.07) is 13.0. The molecule has 2 aromatic carbocycles. The molecule has 0 aliphatic carbocycles. The molecule has 0 aliphatic heterocycles. The first-order valence-electron chi connectivity index (χ1n) is 8.94. The summed E-state index contributed by atoms with van der Waals surface area (Å²) >= 11 is 8.43. The molecular weight excluding hydrogens is 461 g/mol. The van der Waals surface area contributed by atoms with E-state index in [4.69, 9.17) is 17.4 Å². The number of aromatic nitrogens is 5. The van der Waals surface area contributed by atoms with E-state index in [0.29, 0.717) is 26.8 Å². The fourth-order valence-corrected chi connectivity index (χ4v) is 4.29. The third kappa shape index (κ3) is 5.19. The molecule has 0 saturated heterocycles. The van der Waals surface area contributed by atoms with Crippen LogP contribution in [-0.2, 0) is 12.3 Å². The van der Waals surface area contributed by atoms with E-state index < -0.39 is 0 Å². The number of nitrogens with zero attached hydrogens (tertiary/aromatic N) is 5. The Morgan fingerprint density at radius 2 is 1.84 bits per heavy atom. The van der Waals surface area contributed by atoms with Gasteiger partial charge in [-0.2, -0.15) is 0 Å². The zero-order chi connectivity index (χ0) is 21.8. The number of carbonyl (C=O) groups is 1. The fraction of sp³-hybridized carbons (Fsp3) is 0.105. The highest BCUT2D eigenvalue weighted by Gasteiger charge is 2.16. The van der Waals surface area contributed by atoms with Gasteiger partial charge < -0.3 is 11.2 Å². The Balaban J connectivity index is 1.34. The number of rotatable bonds is 7. The lowest BCUT2D eigenvalue weighted by Crippen LogP contribution is -2.22. The van der Waals surface area contributed by atoms with Gasteiger partial charge in [-0.15, -0.1) is 20.4 Å². The summed E-state index contributed by atoms with van der Waals surface area (Å²) in [5.74, 6) is 6.39. The number of benzene rings is 2. The second-order valence-electron chi connectivity index (χ2n) is 6.28. The summed E-state index contributed by atoms with van der Waals surface area (Å²) in [6.45, 7) is 0.270. The Morgan fingerprint density at radius 3 is 2.58 bits per heavy atom. The van der Waals surface area contributed by atoms with Crippen LogP contribution in [0.25, 0.3) is 11.4 Å². The quantitative estimate of drug-likeness (QED) is 0.310. The molecule has 8 nitrogen and oxygen atoms in total. The Hall–Kier alpha value is -3.02. The summed E-state index contributed by atoms with van der Waals surface area (Å²) in [6.07, 6.45) is 0. The molecule has 31 heavy (non-hydrogen) atoms. The van der Waals surface area contributed by atoms with Crippen molar-refractivity contribution in [2.45, 2.75) is 17.5 Å². The molecule has 2 heterocycles.